The van der Waals surface area contributed by atoms with Gasteiger partial charge in [0.1, 0.15) is 0 Å². The number of hydrogen-bond donors (Lipinski definition) is 0. The Labute approximate surface area is 255 Å². The van der Waals surface area contributed by atoms with Gasteiger partial charge in [-0.1, -0.05) is 66.7 Å². The number of aryl methyl sites for hydroxylation is 1. The number of ether oxygens (including phenoxy) is 2. The molecule has 5 heteroatoms. The number of halogens is 1. The molecular formula is C38H42FNO3. The third kappa shape index (κ3) is 7.00. The van der Waals surface area contributed by atoms with E-state index < -0.39 is 0 Å². The van der Waals surface area contributed by atoms with Crippen LogP contribution in [0.25, 0.3) is 5.57 Å². The molecule has 2 aliphatic carbocycles. The Bertz CT molecular complexity index is 1470. The molecule has 0 amide bonds. The molecule has 1 heterocycles. The zero-order chi connectivity index (χ0) is 29.6. The first-order valence-corrected chi connectivity index (χ1v) is 15.8. The van der Waals surface area contributed by atoms with Gasteiger partial charge in [0.2, 0.25) is 0 Å². The maximum absolute atomic E-state index is 12.5. The van der Waals surface area contributed by atoms with Crippen LogP contribution in [0.15, 0.2) is 90.0 Å². The van der Waals surface area contributed by atoms with Crippen molar-refractivity contribution in [3.63, 3.8) is 0 Å². The van der Waals surface area contributed by atoms with Crippen molar-refractivity contribution >= 4 is 11.5 Å². The smallest absolute Gasteiger partial charge is 0.337 e. The highest BCUT2D eigenvalue weighted by molar-refractivity contribution is 5.92. The Balaban J connectivity index is 1.23. The summed E-state index contributed by atoms with van der Waals surface area (Å²) in [5.41, 5.74) is 11.0. The zero-order valence-corrected chi connectivity index (χ0v) is 25.2. The van der Waals surface area contributed by atoms with Crippen LogP contribution in [0.4, 0.5) is 4.39 Å². The Hall–Kier alpha value is -3.54. The van der Waals surface area contributed by atoms with Gasteiger partial charge in [-0.25, -0.2) is 4.79 Å². The molecule has 1 fully saturated rings. The lowest BCUT2D eigenvalue weighted by Gasteiger charge is -2.39. The normalized spacial score (nSPS) is 18.7. The summed E-state index contributed by atoms with van der Waals surface area (Å²) >= 11 is 0. The van der Waals surface area contributed by atoms with E-state index in [2.05, 4.69) is 65.6 Å². The fraction of sp³-hybridized carbons (Fsp3) is 0.395. The monoisotopic (exact) mass is 579 g/mol. The first kappa shape index (κ1) is 29.5. The van der Waals surface area contributed by atoms with Crippen molar-refractivity contribution in [3.05, 3.63) is 123 Å². The number of alkyl halides is 1. The van der Waals surface area contributed by atoms with E-state index in [4.69, 9.17) is 9.47 Å². The molecule has 6 rings (SSSR count). The van der Waals surface area contributed by atoms with Crippen LogP contribution in [-0.4, -0.2) is 50.9 Å². The van der Waals surface area contributed by atoms with Crippen LogP contribution < -0.4 is 0 Å². The second-order valence-corrected chi connectivity index (χ2v) is 12.3. The van der Waals surface area contributed by atoms with Gasteiger partial charge in [-0.15, -0.1) is 0 Å². The highest BCUT2D eigenvalue weighted by Crippen LogP contribution is 2.43. The van der Waals surface area contributed by atoms with Crippen molar-refractivity contribution in [2.75, 3.05) is 40.0 Å². The summed E-state index contributed by atoms with van der Waals surface area (Å²) in [6.07, 6.45) is 8.13. The van der Waals surface area contributed by atoms with Crippen LogP contribution in [0.3, 0.4) is 0 Å². The summed E-state index contributed by atoms with van der Waals surface area (Å²) in [6.45, 7) is 4.16. The summed E-state index contributed by atoms with van der Waals surface area (Å²) in [4.78, 5) is 14.7. The summed E-state index contributed by atoms with van der Waals surface area (Å²) in [5, 5.41) is 0. The van der Waals surface area contributed by atoms with Crippen LogP contribution in [0, 0.1) is 11.8 Å². The second kappa shape index (κ2) is 13.8. The molecule has 224 valence electrons. The first-order chi connectivity index (χ1) is 21.1. The zero-order valence-electron chi connectivity index (χ0n) is 25.2. The average molecular weight is 580 g/mol. The molecular weight excluding hydrogens is 537 g/mol. The van der Waals surface area contributed by atoms with Gasteiger partial charge in [-0.2, -0.15) is 0 Å². The molecule has 1 unspecified atom stereocenters. The van der Waals surface area contributed by atoms with Gasteiger partial charge in [0.25, 0.3) is 0 Å². The number of hydrogen-bond acceptors (Lipinski definition) is 4. The Morgan fingerprint density at radius 2 is 1.77 bits per heavy atom. The summed E-state index contributed by atoms with van der Waals surface area (Å²) in [5.74, 6) is 0.796. The standard InChI is InChI=1S/C38H42FNO3/c1-42-38(41)33-15-16-36-32(22-33)9-5-10-35(34-20-29(21-34)26-43-25-28-7-3-2-4-8-28)37(36)31-13-11-27(12-14-31)19-30-23-40(24-30)18-6-17-39/h2-4,7-8,11-16,20,22,29-30H,5-6,9-10,17-19,21,23-26H2,1H3. The predicted molar refractivity (Wildman–Crippen MR) is 170 cm³/mol. The van der Waals surface area contributed by atoms with Crippen LogP contribution in [0.5, 0.6) is 0 Å². The van der Waals surface area contributed by atoms with E-state index in [-0.39, 0.29) is 12.6 Å². The molecule has 0 saturated carbocycles. The number of benzene rings is 3. The molecule has 3 aromatic rings. The minimum absolute atomic E-state index is 0.229. The number of carbonyl (C=O) groups is 1. The molecule has 0 N–H and O–H groups in total. The van der Waals surface area contributed by atoms with Gasteiger partial charge in [0.15, 0.2) is 0 Å². The van der Waals surface area contributed by atoms with Gasteiger partial charge in [-0.3, -0.25) is 4.39 Å². The van der Waals surface area contributed by atoms with Crippen molar-refractivity contribution < 1.29 is 18.7 Å². The molecule has 0 spiro atoms. The Morgan fingerprint density at radius 1 is 0.977 bits per heavy atom. The molecule has 0 radical (unpaired) electrons. The van der Waals surface area contributed by atoms with Crippen molar-refractivity contribution in [3.8, 4) is 0 Å². The number of nitrogens with zero attached hydrogens (tertiary/aromatic N) is 1. The number of carbonyl (C=O) groups excluding carboxylic acids is 1. The summed E-state index contributed by atoms with van der Waals surface area (Å²) < 4.78 is 23.6. The molecule has 4 nitrogen and oxygen atoms in total. The quantitative estimate of drug-likeness (QED) is 0.207. The largest absolute Gasteiger partial charge is 0.465 e. The van der Waals surface area contributed by atoms with Crippen LogP contribution in [0.2, 0.25) is 0 Å². The predicted octanol–water partition coefficient (Wildman–Crippen LogP) is 7.61. The molecule has 1 atom stereocenters. The van der Waals surface area contributed by atoms with Crippen molar-refractivity contribution in [2.45, 2.75) is 45.1 Å². The maximum Gasteiger partial charge on any atom is 0.337 e. The fourth-order valence-electron chi connectivity index (χ4n) is 6.86. The SMILES string of the molecule is COC(=O)c1ccc2c(c1)CCCC(C1=CC(COCc3ccccc3)C1)=C2c1ccc(CC2CN(CCCF)C2)cc1. The Kier molecular flexibility index (Phi) is 9.50. The number of likely N-dealkylation sites (tertiary alicyclic amines) is 1. The third-order valence-corrected chi connectivity index (χ3v) is 9.13. The van der Waals surface area contributed by atoms with E-state index >= 15 is 0 Å². The van der Waals surface area contributed by atoms with E-state index in [0.717, 1.165) is 58.3 Å². The summed E-state index contributed by atoms with van der Waals surface area (Å²) in [7, 11) is 1.44. The van der Waals surface area contributed by atoms with E-state index in [9.17, 15) is 9.18 Å². The molecule has 3 aromatic carbocycles. The maximum atomic E-state index is 12.5. The Morgan fingerprint density at radius 3 is 2.51 bits per heavy atom. The molecule has 3 aliphatic rings. The van der Waals surface area contributed by atoms with Crippen molar-refractivity contribution in [2.24, 2.45) is 11.8 Å². The van der Waals surface area contributed by atoms with Crippen molar-refractivity contribution in [1.29, 1.82) is 0 Å². The van der Waals surface area contributed by atoms with Gasteiger partial charge < -0.3 is 14.4 Å². The highest BCUT2D eigenvalue weighted by Gasteiger charge is 2.29. The summed E-state index contributed by atoms with van der Waals surface area (Å²) in [6, 6.07) is 25.5. The topological polar surface area (TPSA) is 38.8 Å². The number of rotatable bonds is 12. The number of methoxy groups -OCH3 is 1. The molecule has 0 aromatic heterocycles. The lowest BCUT2D eigenvalue weighted by atomic mass is 9.77. The van der Waals surface area contributed by atoms with Crippen molar-refractivity contribution in [1.82, 2.24) is 4.90 Å². The van der Waals surface area contributed by atoms with Crippen LogP contribution in [-0.2, 0) is 28.9 Å². The van der Waals surface area contributed by atoms with Crippen LogP contribution in [0.1, 0.15) is 63.9 Å². The van der Waals surface area contributed by atoms with E-state index in [1.807, 2.05) is 18.2 Å². The first-order valence-electron chi connectivity index (χ1n) is 15.8. The fourth-order valence-corrected chi connectivity index (χ4v) is 6.86. The van der Waals surface area contributed by atoms with E-state index in [1.54, 1.807) is 0 Å². The number of esters is 1. The number of fused-ring (bicyclic) bond motifs is 1. The third-order valence-electron chi connectivity index (χ3n) is 9.13. The average Bonchev–Trinajstić information content (AvgIpc) is 3.18. The van der Waals surface area contributed by atoms with Gasteiger partial charge in [0.05, 0.1) is 32.6 Å². The molecule has 43 heavy (non-hydrogen) atoms. The minimum atomic E-state index is -0.290. The highest BCUT2D eigenvalue weighted by atomic mass is 19.1. The van der Waals surface area contributed by atoms with Gasteiger partial charge in [0, 0.05) is 25.6 Å². The van der Waals surface area contributed by atoms with Gasteiger partial charge in [-0.05, 0) is 101 Å². The van der Waals surface area contributed by atoms with E-state index in [1.165, 1.54) is 51.6 Å². The molecule has 1 saturated heterocycles. The molecule has 0 bridgehead atoms. The van der Waals surface area contributed by atoms with E-state index in [0.29, 0.717) is 30.4 Å². The molecule has 1 aliphatic heterocycles. The number of allylic oxidation sites excluding steroid dienone is 2. The lowest BCUT2D eigenvalue weighted by molar-refractivity contribution is 0.0600. The second-order valence-electron chi connectivity index (χ2n) is 12.3. The lowest BCUT2D eigenvalue weighted by Crippen LogP contribution is -2.47. The van der Waals surface area contributed by atoms with Gasteiger partial charge >= 0.3 is 5.97 Å². The van der Waals surface area contributed by atoms with Crippen LogP contribution >= 0.6 is 0 Å². The minimum Gasteiger partial charge on any atom is -0.465 e.